The fourth-order valence-electron chi connectivity index (χ4n) is 4.41. The van der Waals surface area contributed by atoms with E-state index in [1.165, 1.54) is 5.56 Å². The summed E-state index contributed by atoms with van der Waals surface area (Å²) in [5, 5.41) is 4.27. The molecular formula is C27H26N4S. The molecule has 5 rings (SSSR count). The third kappa shape index (κ3) is 3.69. The van der Waals surface area contributed by atoms with Gasteiger partial charge in [0.1, 0.15) is 6.04 Å². The highest BCUT2D eigenvalue weighted by Crippen LogP contribution is 2.42. The first-order valence-corrected chi connectivity index (χ1v) is 11.4. The molecule has 4 aromatic rings. The number of thiocarbonyl (C=S) groups is 1. The molecule has 160 valence electrons. The molecular weight excluding hydrogens is 412 g/mol. The molecule has 32 heavy (non-hydrogen) atoms. The van der Waals surface area contributed by atoms with E-state index in [0.29, 0.717) is 11.0 Å². The van der Waals surface area contributed by atoms with E-state index in [4.69, 9.17) is 12.2 Å². The predicted octanol–water partition coefficient (Wildman–Crippen LogP) is 6.17. The number of rotatable bonds is 5. The van der Waals surface area contributed by atoms with E-state index in [1.54, 1.807) is 0 Å². The summed E-state index contributed by atoms with van der Waals surface area (Å²) in [5.41, 5.74) is 5.66. The molecule has 0 radical (unpaired) electrons. The minimum Gasteiger partial charge on any atom is -0.351 e. The Morgan fingerprint density at radius 3 is 2.28 bits per heavy atom. The lowest BCUT2D eigenvalue weighted by Crippen LogP contribution is -2.30. The Hall–Kier alpha value is -3.44. The van der Waals surface area contributed by atoms with Crippen LogP contribution in [0.3, 0.4) is 0 Å². The Morgan fingerprint density at radius 2 is 1.59 bits per heavy atom. The van der Waals surface area contributed by atoms with Crippen molar-refractivity contribution in [3.05, 3.63) is 114 Å². The number of benzene rings is 2. The van der Waals surface area contributed by atoms with Crippen LogP contribution in [0.2, 0.25) is 0 Å². The molecule has 0 spiro atoms. The van der Waals surface area contributed by atoms with Crippen LogP contribution in [0.5, 0.6) is 0 Å². The van der Waals surface area contributed by atoms with E-state index in [9.17, 15) is 0 Å². The quantitative estimate of drug-likeness (QED) is 0.378. The Morgan fingerprint density at radius 1 is 0.844 bits per heavy atom. The maximum atomic E-state index is 5.87. The van der Waals surface area contributed by atoms with Gasteiger partial charge in [-0.25, -0.2) is 0 Å². The van der Waals surface area contributed by atoms with Gasteiger partial charge >= 0.3 is 0 Å². The molecule has 1 saturated heterocycles. The van der Waals surface area contributed by atoms with E-state index >= 15 is 0 Å². The van der Waals surface area contributed by atoms with Crippen LogP contribution in [0.4, 0.5) is 5.69 Å². The molecule has 1 fully saturated rings. The summed E-state index contributed by atoms with van der Waals surface area (Å²) in [6.07, 6.45) is 3.95. The number of aromatic nitrogens is 2. The summed E-state index contributed by atoms with van der Waals surface area (Å²) in [4.78, 5) is 6.89. The van der Waals surface area contributed by atoms with Gasteiger partial charge in [0.05, 0.1) is 11.7 Å². The number of hydrogen-bond donors (Lipinski definition) is 1. The summed E-state index contributed by atoms with van der Waals surface area (Å²) >= 11 is 5.87. The van der Waals surface area contributed by atoms with Gasteiger partial charge in [0.2, 0.25) is 0 Å². The number of pyridine rings is 1. The minimum absolute atomic E-state index is 0.0440. The van der Waals surface area contributed by atoms with Crippen molar-refractivity contribution in [2.24, 2.45) is 0 Å². The molecule has 1 N–H and O–H groups in total. The first-order chi connectivity index (χ1) is 15.6. The first kappa shape index (κ1) is 20.5. The zero-order valence-electron chi connectivity index (χ0n) is 18.2. The van der Waals surface area contributed by atoms with Gasteiger partial charge in [-0.05, 0) is 72.2 Å². The van der Waals surface area contributed by atoms with Crippen LogP contribution in [0.1, 0.15) is 48.8 Å². The SMILES string of the molecule is CC(C)c1ccc(N2C(=S)N[C@@H](c3ccccn3)[C@H]2c2cccn2-c2ccccc2)cc1. The molecule has 1 aliphatic rings. The van der Waals surface area contributed by atoms with Crippen molar-refractivity contribution in [2.45, 2.75) is 31.8 Å². The molecule has 1 aliphatic heterocycles. The van der Waals surface area contributed by atoms with Gasteiger partial charge in [0.25, 0.3) is 0 Å². The van der Waals surface area contributed by atoms with Crippen LogP contribution < -0.4 is 10.2 Å². The molecule has 0 unspecified atom stereocenters. The fourth-order valence-corrected chi connectivity index (χ4v) is 4.76. The van der Waals surface area contributed by atoms with Crippen molar-refractivity contribution >= 4 is 23.0 Å². The van der Waals surface area contributed by atoms with Crippen LogP contribution >= 0.6 is 12.2 Å². The second kappa shape index (κ2) is 8.60. The Balaban J connectivity index is 1.64. The standard InChI is InChI=1S/C27H26N4S/c1-19(2)20-13-15-22(16-14-20)31-26(25(29-27(31)32)23-11-6-7-17-28-23)24-12-8-18-30(24)21-9-4-3-5-10-21/h3-19,25-26H,1-2H3,(H,29,32)/t25-,26+/m0/s1. The monoisotopic (exact) mass is 438 g/mol. The average Bonchev–Trinajstić information content (AvgIpc) is 3.44. The van der Waals surface area contributed by atoms with Gasteiger partial charge in [0, 0.05) is 29.5 Å². The van der Waals surface area contributed by atoms with Crippen molar-refractivity contribution < 1.29 is 0 Å². The number of anilines is 1. The molecule has 0 saturated carbocycles. The molecule has 3 heterocycles. The van der Waals surface area contributed by atoms with E-state index in [2.05, 4.69) is 107 Å². The van der Waals surface area contributed by atoms with Gasteiger partial charge in [-0.2, -0.15) is 0 Å². The van der Waals surface area contributed by atoms with Crippen LogP contribution in [-0.4, -0.2) is 14.7 Å². The van der Waals surface area contributed by atoms with Gasteiger partial charge in [-0.3, -0.25) is 4.98 Å². The third-order valence-electron chi connectivity index (χ3n) is 6.05. The molecule has 2 atom stereocenters. The Bertz CT molecular complexity index is 1200. The highest BCUT2D eigenvalue weighted by atomic mass is 32.1. The van der Waals surface area contributed by atoms with Crippen LogP contribution in [0.25, 0.3) is 5.69 Å². The number of nitrogens with one attached hydrogen (secondary N) is 1. The molecule has 4 nitrogen and oxygen atoms in total. The molecule has 2 aromatic heterocycles. The second-order valence-corrected chi connectivity index (χ2v) is 8.77. The molecule has 0 aliphatic carbocycles. The first-order valence-electron chi connectivity index (χ1n) is 11.0. The maximum Gasteiger partial charge on any atom is 0.174 e. The van der Waals surface area contributed by atoms with Crippen LogP contribution in [0, 0.1) is 0 Å². The van der Waals surface area contributed by atoms with Gasteiger partial charge in [-0.1, -0.05) is 50.2 Å². The van der Waals surface area contributed by atoms with Crippen LogP contribution in [0.15, 0.2) is 97.3 Å². The Kier molecular flexibility index (Phi) is 5.50. The number of nitrogens with zero attached hydrogens (tertiary/aromatic N) is 3. The smallest absolute Gasteiger partial charge is 0.174 e. The van der Waals surface area contributed by atoms with Crippen molar-refractivity contribution in [1.82, 2.24) is 14.9 Å². The highest BCUT2D eigenvalue weighted by molar-refractivity contribution is 7.80. The lowest BCUT2D eigenvalue weighted by Gasteiger charge is -2.29. The molecule has 0 bridgehead atoms. The summed E-state index contributed by atoms with van der Waals surface area (Å²) in [7, 11) is 0. The predicted molar refractivity (Wildman–Crippen MR) is 134 cm³/mol. The lowest BCUT2D eigenvalue weighted by molar-refractivity contribution is 0.549. The topological polar surface area (TPSA) is 33.1 Å². The minimum atomic E-state index is -0.0640. The highest BCUT2D eigenvalue weighted by Gasteiger charge is 2.42. The van der Waals surface area contributed by atoms with Crippen molar-refractivity contribution in [3.8, 4) is 5.69 Å². The average molecular weight is 439 g/mol. The molecule has 2 aromatic carbocycles. The normalized spacial score (nSPS) is 18.2. The third-order valence-corrected chi connectivity index (χ3v) is 6.37. The molecule has 0 amide bonds. The Labute approximate surface area is 194 Å². The molecule has 5 heteroatoms. The summed E-state index contributed by atoms with van der Waals surface area (Å²) < 4.78 is 2.24. The van der Waals surface area contributed by atoms with E-state index in [-0.39, 0.29) is 12.1 Å². The zero-order chi connectivity index (χ0) is 22.1. The fraction of sp³-hybridized carbons (Fsp3) is 0.185. The van der Waals surface area contributed by atoms with E-state index < -0.39 is 0 Å². The van der Waals surface area contributed by atoms with Gasteiger partial charge < -0.3 is 14.8 Å². The largest absolute Gasteiger partial charge is 0.351 e. The number of hydrogen-bond acceptors (Lipinski definition) is 2. The van der Waals surface area contributed by atoms with Crippen molar-refractivity contribution in [2.75, 3.05) is 4.90 Å². The van der Waals surface area contributed by atoms with E-state index in [0.717, 1.165) is 22.8 Å². The zero-order valence-corrected chi connectivity index (χ0v) is 19.0. The van der Waals surface area contributed by atoms with Crippen molar-refractivity contribution in [3.63, 3.8) is 0 Å². The van der Waals surface area contributed by atoms with Crippen molar-refractivity contribution in [1.29, 1.82) is 0 Å². The van der Waals surface area contributed by atoms with Crippen LogP contribution in [-0.2, 0) is 0 Å². The number of para-hydroxylation sites is 1. The van der Waals surface area contributed by atoms with E-state index in [1.807, 2.05) is 24.4 Å². The van der Waals surface area contributed by atoms with Gasteiger partial charge in [-0.15, -0.1) is 0 Å². The summed E-state index contributed by atoms with van der Waals surface area (Å²) in [6, 6.07) is 29.4. The summed E-state index contributed by atoms with van der Waals surface area (Å²) in [5.74, 6) is 0.486. The van der Waals surface area contributed by atoms with Gasteiger partial charge in [0.15, 0.2) is 5.11 Å². The summed E-state index contributed by atoms with van der Waals surface area (Å²) in [6.45, 7) is 4.42. The maximum absolute atomic E-state index is 5.87. The second-order valence-electron chi connectivity index (χ2n) is 8.38. The lowest BCUT2D eigenvalue weighted by atomic mass is 9.99.